The molecule has 5 nitrogen and oxygen atoms in total. The number of rotatable bonds is 7. The van der Waals surface area contributed by atoms with Crippen LogP contribution in [0, 0.1) is 11.7 Å². The van der Waals surface area contributed by atoms with Crippen LogP contribution in [0.1, 0.15) is 19.8 Å². The molecule has 20 heavy (non-hydrogen) atoms. The van der Waals surface area contributed by atoms with Crippen LogP contribution >= 0.6 is 11.6 Å². The minimum absolute atomic E-state index is 0.0478. The number of aliphatic hydroxyl groups excluding tert-OH is 1. The van der Waals surface area contributed by atoms with Crippen molar-refractivity contribution in [2.45, 2.75) is 24.7 Å². The molecule has 0 saturated carbocycles. The number of sulfonamides is 1. The third-order valence-electron chi connectivity index (χ3n) is 2.80. The number of hydrogen-bond acceptors (Lipinski definition) is 4. The molecule has 4 N–H and O–H groups in total. The summed E-state index contributed by atoms with van der Waals surface area (Å²) in [7, 11) is -3.99. The van der Waals surface area contributed by atoms with E-state index in [2.05, 4.69) is 4.72 Å². The van der Waals surface area contributed by atoms with E-state index >= 15 is 0 Å². The summed E-state index contributed by atoms with van der Waals surface area (Å²) in [4.78, 5) is -0.558. The molecular weight excluding hydrogens is 307 g/mol. The van der Waals surface area contributed by atoms with Crippen molar-refractivity contribution in [1.29, 1.82) is 0 Å². The predicted molar refractivity (Wildman–Crippen MR) is 76.5 cm³/mol. The van der Waals surface area contributed by atoms with Crippen LogP contribution in [0.15, 0.2) is 17.0 Å². The Morgan fingerprint density at radius 2 is 2.15 bits per heavy atom. The average Bonchev–Trinajstić information content (AvgIpc) is 2.38. The maximum Gasteiger partial charge on any atom is 0.243 e. The first-order chi connectivity index (χ1) is 9.27. The van der Waals surface area contributed by atoms with E-state index in [1.165, 1.54) is 0 Å². The zero-order chi connectivity index (χ0) is 15.3. The summed E-state index contributed by atoms with van der Waals surface area (Å²) in [6.45, 7) is 2.05. The Bertz CT molecular complexity index is 566. The van der Waals surface area contributed by atoms with Crippen LogP contribution in [0.3, 0.4) is 0 Å². The van der Waals surface area contributed by atoms with Crippen molar-refractivity contribution < 1.29 is 17.9 Å². The lowest BCUT2D eigenvalue weighted by atomic mass is 10.1. The van der Waals surface area contributed by atoms with E-state index in [1.54, 1.807) is 0 Å². The average molecular weight is 325 g/mol. The van der Waals surface area contributed by atoms with Crippen LogP contribution in [-0.2, 0) is 10.0 Å². The molecule has 8 heteroatoms. The number of nitrogens with two attached hydrogens (primary N) is 1. The van der Waals surface area contributed by atoms with Gasteiger partial charge >= 0.3 is 0 Å². The first kappa shape index (κ1) is 17.2. The Balaban J connectivity index is 2.75. The highest BCUT2D eigenvalue weighted by Crippen LogP contribution is 2.25. The van der Waals surface area contributed by atoms with Gasteiger partial charge in [0, 0.05) is 18.2 Å². The van der Waals surface area contributed by atoms with Crippen molar-refractivity contribution in [1.82, 2.24) is 4.72 Å². The zero-order valence-corrected chi connectivity index (χ0v) is 12.6. The highest BCUT2D eigenvalue weighted by atomic mass is 35.5. The summed E-state index contributed by atoms with van der Waals surface area (Å²) in [5, 5.41) is 8.91. The second kappa shape index (κ2) is 7.21. The molecule has 1 aromatic carbocycles. The number of halogens is 2. The fourth-order valence-electron chi connectivity index (χ4n) is 1.61. The van der Waals surface area contributed by atoms with E-state index in [0.29, 0.717) is 12.8 Å². The van der Waals surface area contributed by atoms with Gasteiger partial charge in [0.05, 0.1) is 5.69 Å². The lowest BCUT2D eigenvalue weighted by Crippen LogP contribution is -2.26. The van der Waals surface area contributed by atoms with Gasteiger partial charge in [0.25, 0.3) is 0 Å². The highest BCUT2D eigenvalue weighted by molar-refractivity contribution is 7.89. The van der Waals surface area contributed by atoms with Gasteiger partial charge in [-0.05, 0) is 30.9 Å². The number of hydrogen-bond donors (Lipinski definition) is 3. The predicted octanol–water partition coefficient (Wildman–Crippen LogP) is 1.75. The Morgan fingerprint density at radius 1 is 1.50 bits per heavy atom. The molecule has 0 bridgehead atoms. The van der Waals surface area contributed by atoms with Crippen molar-refractivity contribution in [3.05, 3.63) is 23.0 Å². The molecule has 1 atom stereocenters. The first-order valence-electron chi connectivity index (χ1n) is 6.13. The summed E-state index contributed by atoms with van der Waals surface area (Å²) < 4.78 is 39.9. The molecule has 0 amide bonds. The van der Waals surface area contributed by atoms with E-state index < -0.39 is 20.7 Å². The van der Waals surface area contributed by atoms with Crippen LogP contribution in [0.25, 0.3) is 0 Å². The number of aliphatic hydroxyl groups is 1. The Morgan fingerprint density at radius 3 is 2.75 bits per heavy atom. The largest absolute Gasteiger partial charge is 0.396 e. The summed E-state index contributed by atoms with van der Waals surface area (Å²) >= 11 is 5.68. The van der Waals surface area contributed by atoms with Crippen molar-refractivity contribution in [2.24, 2.45) is 5.92 Å². The topological polar surface area (TPSA) is 92.4 Å². The van der Waals surface area contributed by atoms with Crippen LogP contribution in [0.4, 0.5) is 10.1 Å². The standard InChI is InChI=1S/C12H18ClFN2O3S/c1-8(7-17)3-2-4-16-20(18,19)11-6-9(13)5-10(15)12(11)14/h5-6,8,16-17H,2-4,7,15H2,1H3. The Kier molecular flexibility index (Phi) is 6.19. The number of nitrogens with one attached hydrogen (secondary N) is 1. The maximum atomic E-state index is 13.7. The van der Waals surface area contributed by atoms with Gasteiger partial charge in [0.2, 0.25) is 10.0 Å². The molecular formula is C12H18ClFN2O3S. The smallest absolute Gasteiger partial charge is 0.243 e. The maximum absolute atomic E-state index is 13.7. The lowest BCUT2D eigenvalue weighted by molar-refractivity contribution is 0.228. The Labute approximate surface area is 123 Å². The molecule has 0 aromatic heterocycles. The molecule has 0 aliphatic heterocycles. The fraction of sp³-hybridized carbons (Fsp3) is 0.500. The van der Waals surface area contributed by atoms with Crippen molar-refractivity contribution in [3.63, 3.8) is 0 Å². The number of benzene rings is 1. The molecule has 0 heterocycles. The van der Waals surface area contributed by atoms with Gasteiger partial charge in [-0.3, -0.25) is 0 Å². The van der Waals surface area contributed by atoms with Gasteiger partial charge in [-0.25, -0.2) is 17.5 Å². The number of nitrogen functional groups attached to an aromatic ring is 1. The summed E-state index contributed by atoms with van der Waals surface area (Å²) in [6.07, 6.45) is 1.21. The van der Waals surface area contributed by atoms with Gasteiger partial charge in [-0.15, -0.1) is 0 Å². The van der Waals surface area contributed by atoms with Crippen molar-refractivity contribution in [3.8, 4) is 0 Å². The van der Waals surface area contributed by atoms with E-state index in [4.69, 9.17) is 22.4 Å². The van der Waals surface area contributed by atoms with E-state index in [-0.39, 0.29) is 29.8 Å². The van der Waals surface area contributed by atoms with Gasteiger partial charge in [-0.1, -0.05) is 18.5 Å². The molecule has 0 aliphatic rings. The fourth-order valence-corrected chi connectivity index (χ4v) is 3.10. The van der Waals surface area contributed by atoms with Crippen LogP contribution < -0.4 is 10.5 Å². The summed E-state index contributed by atoms with van der Waals surface area (Å²) in [5.74, 6) is -0.913. The summed E-state index contributed by atoms with van der Waals surface area (Å²) in [6, 6.07) is 2.17. The van der Waals surface area contributed by atoms with E-state index in [0.717, 1.165) is 12.1 Å². The molecule has 0 radical (unpaired) electrons. The van der Waals surface area contributed by atoms with Crippen molar-refractivity contribution in [2.75, 3.05) is 18.9 Å². The van der Waals surface area contributed by atoms with Crippen molar-refractivity contribution >= 4 is 27.3 Å². The summed E-state index contributed by atoms with van der Waals surface area (Å²) in [5.41, 5.74) is 5.04. The van der Waals surface area contributed by atoms with Crippen LogP contribution in [0.5, 0.6) is 0 Å². The van der Waals surface area contributed by atoms with E-state index in [1.807, 2.05) is 6.92 Å². The molecule has 1 rings (SSSR count). The molecule has 0 fully saturated rings. The molecule has 1 aromatic rings. The molecule has 114 valence electrons. The van der Waals surface area contributed by atoms with Gasteiger partial charge in [0.1, 0.15) is 4.90 Å². The van der Waals surface area contributed by atoms with Gasteiger partial charge < -0.3 is 10.8 Å². The second-order valence-corrected chi connectivity index (χ2v) is 6.81. The van der Waals surface area contributed by atoms with Crippen LogP contribution in [-0.4, -0.2) is 26.7 Å². The monoisotopic (exact) mass is 324 g/mol. The first-order valence-corrected chi connectivity index (χ1v) is 7.99. The molecule has 1 unspecified atom stereocenters. The minimum Gasteiger partial charge on any atom is -0.396 e. The van der Waals surface area contributed by atoms with Gasteiger partial charge in [0.15, 0.2) is 5.82 Å². The second-order valence-electron chi connectivity index (χ2n) is 4.63. The number of anilines is 1. The SMILES string of the molecule is CC(CO)CCCNS(=O)(=O)c1cc(Cl)cc(N)c1F. The van der Waals surface area contributed by atoms with Crippen LogP contribution in [0.2, 0.25) is 5.02 Å². The van der Waals surface area contributed by atoms with E-state index in [9.17, 15) is 12.8 Å². The third-order valence-corrected chi connectivity index (χ3v) is 4.48. The lowest BCUT2D eigenvalue weighted by Gasteiger charge is -2.11. The van der Waals surface area contributed by atoms with Gasteiger partial charge in [-0.2, -0.15) is 0 Å². The molecule has 0 saturated heterocycles. The zero-order valence-electron chi connectivity index (χ0n) is 11.1. The highest BCUT2D eigenvalue weighted by Gasteiger charge is 2.21. The Hall–Kier alpha value is -0.890. The quantitative estimate of drug-likeness (QED) is 0.526. The minimum atomic E-state index is -3.99. The molecule has 0 aliphatic carbocycles. The molecule has 0 spiro atoms. The normalized spacial score (nSPS) is 13.4. The third kappa shape index (κ3) is 4.59.